The zero-order chi connectivity index (χ0) is 9.15. The van der Waals surface area contributed by atoms with Crippen molar-refractivity contribution in [1.82, 2.24) is 4.90 Å². The van der Waals surface area contributed by atoms with Gasteiger partial charge in [-0.25, -0.2) is 0 Å². The largest absolute Gasteiger partial charge is 0.379 e. The summed E-state index contributed by atoms with van der Waals surface area (Å²) in [6.07, 6.45) is 4.41. The summed E-state index contributed by atoms with van der Waals surface area (Å²) in [5.74, 6) is 0. The first-order valence-electron chi connectivity index (χ1n) is 5.07. The highest BCUT2D eigenvalue weighted by Crippen LogP contribution is 2.40. The summed E-state index contributed by atoms with van der Waals surface area (Å²) in [6.45, 7) is 3.71. The van der Waals surface area contributed by atoms with Gasteiger partial charge in [-0.2, -0.15) is 5.26 Å². The van der Waals surface area contributed by atoms with Crippen LogP contribution in [0, 0.1) is 11.3 Å². The summed E-state index contributed by atoms with van der Waals surface area (Å²) in [7, 11) is 0. The third kappa shape index (κ3) is 1.56. The molecule has 2 rings (SSSR count). The molecular formula is C10H16N2O. The molecule has 0 spiro atoms. The molecule has 0 unspecified atom stereocenters. The average molecular weight is 180 g/mol. The quantitative estimate of drug-likeness (QED) is 0.639. The van der Waals surface area contributed by atoms with Crippen LogP contribution in [-0.4, -0.2) is 36.7 Å². The minimum Gasteiger partial charge on any atom is -0.379 e. The smallest absolute Gasteiger partial charge is 0.0641 e. The molecule has 0 aromatic carbocycles. The lowest BCUT2D eigenvalue weighted by molar-refractivity contribution is -0.0536. The summed E-state index contributed by atoms with van der Waals surface area (Å²) >= 11 is 0. The second-order valence-corrected chi connectivity index (χ2v) is 4.01. The first-order valence-corrected chi connectivity index (χ1v) is 5.07. The Morgan fingerprint density at radius 3 is 2.46 bits per heavy atom. The molecular weight excluding hydrogens is 164 g/mol. The van der Waals surface area contributed by atoms with Crippen molar-refractivity contribution in [1.29, 1.82) is 5.26 Å². The summed E-state index contributed by atoms with van der Waals surface area (Å²) < 4.78 is 5.32. The van der Waals surface area contributed by atoms with Crippen molar-refractivity contribution in [3.63, 3.8) is 0 Å². The van der Waals surface area contributed by atoms with Gasteiger partial charge in [0.2, 0.25) is 0 Å². The van der Waals surface area contributed by atoms with Crippen LogP contribution < -0.4 is 0 Å². The number of nitrogens with zero attached hydrogens (tertiary/aromatic N) is 2. The van der Waals surface area contributed by atoms with Crippen molar-refractivity contribution in [2.75, 3.05) is 26.3 Å². The van der Waals surface area contributed by atoms with E-state index in [1.54, 1.807) is 0 Å². The van der Waals surface area contributed by atoms with E-state index in [0.717, 1.165) is 26.3 Å². The zero-order valence-electron chi connectivity index (χ0n) is 7.96. The first kappa shape index (κ1) is 8.98. The lowest BCUT2D eigenvalue weighted by Gasteiger charge is -2.50. The van der Waals surface area contributed by atoms with E-state index in [-0.39, 0.29) is 5.54 Å². The SMILES string of the molecule is N#CCC1(N2CCOCC2)CCC1. The van der Waals surface area contributed by atoms with Gasteiger partial charge < -0.3 is 4.74 Å². The molecule has 1 heterocycles. The van der Waals surface area contributed by atoms with Crippen LogP contribution in [-0.2, 0) is 4.74 Å². The highest BCUT2D eigenvalue weighted by Gasteiger charge is 2.42. The predicted octanol–water partition coefficient (Wildman–Crippen LogP) is 1.15. The number of nitriles is 1. The Balaban J connectivity index is 1.98. The molecule has 1 aliphatic heterocycles. The lowest BCUT2D eigenvalue weighted by atomic mass is 9.73. The maximum Gasteiger partial charge on any atom is 0.0641 e. The molecule has 0 radical (unpaired) electrons. The topological polar surface area (TPSA) is 36.3 Å². The monoisotopic (exact) mass is 180 g/mol. The maximum absolute atomic E-state index is 8.79. The van der Waals surface area contributed by atoms with Gasteiger partial charge in [0.25, 0.3) is 0 Å². The van der Waals surface area contributed by atoms with Gasteiger partial charge in [0.15, 0.2) is 0 Å². The van der Waals surface area contributed by atoms with Crippen molar-refractivity contribution in [2.45, 2.75) is 31.2 Å². The van der Waals surface area contributed by atoms with E-state index < -0.39 is 0 Å². The second kappa shape index (κ2) is 3.65. The van der Waals surface area contributed by atoms with E-state index in [1.807, 2.05) is 0 Å². The van der Waals surface area contributed by atoms with Crippen molar-refractivity contribution < 1.29 is 4.74 Å². The van der Waals surface area contributed by atoms with E-state index in [1.165, 1.54) is 19.3 Å². The maximum atomic E-state index is 8.79. The number of morpholine rings is 1. The third-order valence-corrected chi connectivity index (χ3v) is 3.37. The normalized spacial score (nSPS) is 27.6. The Hall–Kier alpha value is -0.590. The number of hydrogen-bond acceptors (Lipinski definition) is 3. The van der Waals surface area contributed by atoms with Crippen LogP contribution in [0.4, 0.5) is 0 Å². The molecule has 13 heavy (non-hydrogen) atoms. The van der Waals surface area contributed by atoms with Gasteiger partial charge in [-0.3, -0.25) is 4.90 Å². The Bertz CT molecular complexity index is 211. The van der Waals surface area contributed by atoms with Gasteiger partial charge in [0.05, 0.1) is 25.7 Å². The number of hydrogen-bond donors (Lipinski definition) is 0. The third-order valence-electron chi connectivity index (χ3n) is 3.37. The molecule has 0 N–H and O–H groups in total. The molecule has 2 fully saturated rings. The van der Waals surface area contributed by atoms with Crippen LogP contribution in [0.2, 0.25) is 0 Å². The molecule has 1 aliphatic carbocycles. The number of rotatable bonds is 2. The molecule has 72 valence electrons. The van der Waals surface area contributed by atoms with E-state index >= 15 is 0 Å². The van der Waals surface area contributed by atoms with Gasteiger partial charge in [0.1, 0.15) is 0 Å². The summed E-state index contributed by atoms with van der Waals surface area (Å²) in [4.78, 5) is 2.46. The summed E-state index contributed by atoms with van der Waals surface area (Å²) in [5.41, 5.74) is 0.235. The molecule has 1 saturated heterocycles. The molecule has 0 bridgehead atoms. The highest BCUT2D eigenvalue weighted by atomic mass is 16.5. The Morgan fingerprint density at radius 2 is 2.00 bits per heavy atom. The van der Waals surface area contributed by atoms with Gasteiger partial charge in [-0.1, -0.05) is 0 Å². The van der Waals surface area contributed by atoms with E-state index in [9.17, 15) is 0 Å². The molecule has 0 aromatic rings. The second-order valence-electron chi connectivity index (χ2n) is 4.01. The van der Waals surface area contributed by atoms with Crippen molar-refractivity contribution in [3.8, 4) is 6.07 Å². The molecule has 3 nitrogen and oxygen atoms in total. The first-order chi connectivity index (χ1) is 6.37. The van der Waals surface area contributed by atoms with Crippen LogP contribution in [0.25, 0.3) is 0 Å². The fraction of sp³-hybridized carbons (Fsp3) is 0.900. The summed E-state index contributed by atoms with van der Waals surface area (Å²) in [5, 5.41) is 8.79. The van der Waals surface area contributed by atoms with E-state index in [2.05, 4.69) is 11.0 Å². The molecule has 2 aliphatic rings. The molecule has 0 amide bonds. The number of ether oxygens (including phenoxy) is 1. The standard InChI is InChI=1S/C10H16N2O/c11-5-4-10(2-1-3-10)12-6-8-13-9-7-12/h1-4,6-9H2. The molecule has 1 saturated carbocycles. The summed E-state index contributed by atoms with van der Waals surface area (Å²) in [6, 6.07) is 2.33. The molecule has 3 heteroatoms. The van der Waals surface area contributed by atoms with Crippen LogP contribution in [0.1, 0.15) is 25.7 Å². The Kier molecular flexibility index (Phi) is 2.52. The van der Waals surface area contributed by atoms with Gasteiger partial charge >= 0.3 is 0 Å². The van der Waals surface area contributed by atoms with Crippen molar-refractivity contribution in [3.05, 3.63) is 0 Å². The van der Waals surface area contributed by atoms with E-state index in [0.29, 0.717) is 6.42 Å². The minimum absolute atomic E-state index is 0.235. The lowest BCUT2D eigenvalue weighted by Crippen LogP contribution is -2.57. The average Bonchev–Trinajstić information content (AvgIpc) is 2.13. The Labute approximate surface area is 79.3 Å². The van der Waals surface area contributed by atoms with Crippen LogP contribution >= 0.6 is 0 Å². The van der Waals surface area contributed by atoms with E-state index in [4.69, 9.17) is 10.00 Å². The van der Waals surface area contributed by atoms with Crippen LogP contribution in [0.3, 0.4) is 0 Å². The van der Waals surface area contributed by atoms with Gasteiger partial charge in [-0.15, -0.1) is 0 Å². The van der Waals surface area contributed by atoms with Crippen molar-refractivity contribution >= 4 is 0 Å². The zero-order valence-corrected chi connectivity index (χ0v) is 7.96. The van der Waals surface area contributed by atoms with Crippen LogP contribution in [0.5, 0.6) is 0 Å². The minimum atomic E-state index is 0.235. The Morgan fingerprint density at radius 1 is 1.31 bits per heavy atom. The van der Waals surface area contributed by atoms with Crippen molar-refractivity contribution in [2.24, 2.45) is 0 Å². The van der Waals surface area contributed by atoms with Gasteiger partial charge in [0, 0.05) is 18.6 Å². The van der Waals surface area contributed by atoms with Crippen LogP contribution in [0.15, 0.2) is 0 Å². The fourth-order valence-electron chi connectivity index (χ4n) is 2.37. The fourth-order valence-corrected chi connectivity index (χ4v) is 2.37. The molecule has 0 aromatic heterocycles. The highest BCUT2D eigenvalue weighted by molar-refractivity contribution is 5.03. The van der Waals surface area contributed by atoms with Gasteiger partial charge in [-0.05, 0) is 19.3 Å². The molecule has 0 atom stereocenters. The predicted molar refractivity (Wildman–Crippen MR) is 49.2 cm³/mol.